The molecular formula is C17H18N4. The molecule has 0 spiro atoms. The largest absolute Gasteiger partial charge is 0.369 e. The van der Waals surface area contributed by atoms with Gasteiger partial charge < -0.3 is 10.3 Å². The molecule has 3 aromatic rings. The molecule has 2 fully saturated rings. The summed E-state index contributed by atoms with van der Waals surface area (Å²) < 4.78 is 2.31. The molecule has 4 nitrogen and oxygen atoms in total. The van der Waals surface area contributed by atoms with Crippen LogP contribution in [0.5, 0.6) is 0 Å². The van der Waals surface area contributed by atoms with Gasteiger partial charge in [0.15, 0.2) is 0 Å². The summed E-state index contributed by atoms with van der Waals surface area (Å²) in [4.78, 5) is 9.08. The van der Waals surface area contributed by atoms with Gasteiger partial charge in [0, 0.05) is 11.4 Å². The molecular weight excluding hydrogens is 260 g/mol. The van der Waals surface area contributed by atoms with Crippen molar-refractivity contribution in [1.29, 1.82) is 0 Å². The fourth-order valence-corrected chi connectivity index (χ4v) is 4.61. The Kier molecular flexibility index (Phi) is 2.18. The van der Waals surface area contributed by atoms with Crippen molar-refractivity contribution in [3.05, 3.63) is 30.5 Å². The van der Waals surface area contributed by atoms with Crippen LogP contribution in [0.1, 0.15) is 31.7 Å². The number of fused-ring (bicyclic) bond motifs is 5. The molecule has 2 aromatic heterocycles. The Bertz CT molecular complexity index is 850. The van der Waals surface area contributed by atoms with E-state index < -0.39 is 0 Å². The fourth-order valence-electron chi connectivity index (χ4n) is 4.61. The van der Waals surface area contributed by atoms with Crippen molar-refractivity contribution < 1.29 is 0 Å². The Hall–Kier alpha value is -2.10. The van der Waals surface area contributed by atoms with E-state index >= 15 is 0 Å². The van der Waals surface area contributed by atoms with Crippen LogP contribution in [0.3, 0.4) is 0 Å². The van der Waals surface area contributed by atoms with Crippen LogP contribution in [0.2, 0.25) is 0 Å². The second-order valence-corrected chi connectivity index (χ2v) is 6.59. The molecule has 1 aromatic carbocycles. The highest BCUT2D eigenvalue weighted by molar-refractivity contribution is 6.03. The molecule has 4 heteroatoms. The monoisotopic (exact) mass is 278 g/mol. The van der Waals surface area contributed by atoms with Gasteiger partial charge in [0.05, 0.1) is 17.2 Å². The number of imidazole rings is 1. The standard InChI is InChI=1S/C17H18N4/c18-17-20-14-9-19-13-4-2-1-3-12(13)16(14)21(17)15-8-10-5-6-11(15)7-10/h1-4,9-11,15H,5-8H2,(H2,18,20). The van der Waals surface area contributed by atoms with Gasteiger partial charge in [0.2, 0.25) is 5.95 Å². The van der Waals surface area contributed by atoms with E-state index in [4.69, 9.17) is 5.73 Å². The third kappa shape index (κ3) is 1.50. The Morgan fingerprint density at radius 3 is 2.81 bits per heavy atom. The SMILES string of the molecule is Nc1nc2cnc3ccccc3c2n1C1CC2CCC1C2. The number of benzene rings is 1. The van der Waals surface area contributed by atoms with E-state index in [0.717, 1.165) is 22.9 Å². The van der Waals surface area contributed by atoms with Gasteiger partial charge in [0.25, 0.3) is 0 Å². The van der Waals surface area contributed by atoms with E-state index in [-0.39, 0.29) is 0 Å². The molecule has 21 heavy (non-hydrogen) atoms. The first-order valence-electron chi connectivity index (χ1n) is 7.82. The highest BCUT2D eigenvalue weighted by Gasteiger charge is 2.41. The lowest BCUT2D eigenvalue weighted by Crippen LogP contribution is -2.18. The molecule has 0 saturated heterocycles. The minimum absolute atomic E-state index is 0.527. The lowest BCUT2D eigenvalue weighted by Gasteiger charge is -2.25. The van der Waals surface area contributed by atoms with E-state index in [2.05, 4.69) is 32.7 Å². The molecule has 0 radical (unpaired) electrons. The summed E-state index contributed by atoms with van der Waals surface area (Å²) in [6.45, 7) is 0. The maximum absolute atomic E-state index is 6.28. The van der Waals surface area contributed by atoms with Crippen molar-refractivity contribution in [1.82, 2.24) is 14.5 Å². The summed E-state index contributed by atoms with van der Waals surface area (Å²) >= 11 is 0. The summed E-state index contributed by atoms with van der Waals surface area (Å²) in [5.74, 6) is 2.33. The number of aromatic nitrogens is 3. The molecule has 2 saturated carbocycles. The lowest BCUT2D eigenvalue weighted by molar-refractivity contribution is 0.339. The van der Waals surface area contributed by atoms with Crippen molar-refractivity contribution in [2.75, 3.05) is 5.73 Å². The Balaban J connectivity index is 1.82. The predicted octanol–water partition coefficient (Wildman–Crippen LogP) is 3.53. The first kappa shape index (κ1) is 11.5. The van der Waals surface area contributed by atoms with Gasteiger partial charge in [-0.1, -0.05) is 24.6 Å². The Morgan fingerprint density at radius 2 is 2.00 bits per heavy atom. The van der Waals surface area contributed by atoms with Gasteiger partial charge in [-0.2, -0.15) is 0 Å². The highest BCUT2D eigenvalue weighted by atomic mass is 15.2. The van der Waals surface area contributed by atoms with E-state index in [0.29, 0.717) is 12.0 Å². The summed E-state index contributed by atoms with van der Waals surface area (Å²) in [5.41, 5.74) is 9.40. The number of rotatable bonds is 1. The van der Waals surface area contributed by atoms with Crippen LogP contribution >= 0.6 is 0 Å². The molecule has 2 N–H and O–H groups in total. The van der Waals surface area contributed by atoms with E-state index in [1.165, 1.54) is 36.6 Å². The van der Waals surface area contributed by atoms with Crippen molar-refractivity contribution in [2.24, 2.45) is 11.8 Å². The van der Waals surface area contributed by atoms with Crippen molar-refractivity contribution in [3.63, 3.8) is 0 Å². The summed E-state index contributed by atoms with van der Waals surface area (Å²) in [6.07, 6.45) is 7.23. The average molecular weight is 278 g/mol. The highest BCUT2D eigenvalue weighted by Crippen LogP contribution is 2.52. The zero-order chi connectivity index (χ0) is 14.0. The third-order valence-corrected chi connectivity index (χ3v) is 5.48. The maximum Gasteiger partial charge on any atom is 0.201 e. The number of pyridine rings is 1. The second-order valence-electron chi connectivity index (χ2n) is 6.59. The molecule has 0 amide bonds. The van der Waals surface area contributed by atoms with Gasteiger partial charge in [-0.15, -0.1) is 0 Å². The molecule has 2 heterocycles. The zero-order valence-electron chi connectivity index (χ0n) is 11.9. The van der Waals surface area contributed by atoms with Gasteiger partial charge in [0.1, 0.15) is 5.52 Å². The molecule has 2 bridgehead atoms. The van der Waals surface area contributed by atoms with E-state index in [1.807, 2.05) is 12.3 Å². The van der Waals surface area contributed by atoms with Crippen LogP contribution in [0.25, 0.3) is 21.9 Å². The van der Waals surface area contributed by atoms with Gasteiger partial charge >= 0.3 is 0 Å². The lowest BCUT2D eigenvalue weighted by atomic mass is 9.95. The van der Waals surface area contributed by atoms with Crippen molar-refractivity contribution in [3.8, 4) is 0 Å². The average Bonchev–Trinajstić information content (AvgIpc) is 3.19. The zero-order valence-corrected chi connectivity index (χ0v) is 11.9. The Morgan fingerprint density at radius 1 is 1.10 bits per heavy atom. The number of nitrogen functional groups attached to an aromatic ring is 1. The second kappa shape index (κ2) is 3.97. The first-order valence-corrected chi connectivity index (χ1v) is 7.82. The summed E-state index contributed by atoms with van der Waals surface area (Å²) in [5, 5.41) is 1.17. The van der Waals surface area contributed by atoms with E-state index in [1.54, 1.807) is 0 Å². The van der Waals surface area contributed by atoms with Crippen molar-refractivity contribution in [2.45, 2.75) is 31.7 Å². The molecule has 5 rings (SSSR count). The van der Waals surface area contributed by atoms with Crippen LogP contribution in [-0.2, 0) is 0 Å². The topological polar surface area (TPSA) is 56.7 Å². The molecule has 106 valence electrons. The summed E-state index contributed by atoms with van der Waals surface area (Å²) in [6, 6.07) is 8.82. The van der Waals surface area contributed by atoms with Crippen LogP contribution in [0, 0.1) is 11.8 Å². The normalized spacial score (nSPS) is 27.9. The minimum atomic E-state index is 0.527. The maximum atomic E-state index is 6.28. The number of hydrogen-bond donors (Lipinski definition) is 1. The fraction of sp³-hybridized carbons (Fsp3) is 0.412. The quantitative estimate of drug-likeness (QED) is 0.741. The van der Waals surface area contributed by atoms with Crippen LogP contribution in [0.4, 0.5) is 5.95 Å². The first-order chi connectivity index (χ1) is 10.3. The third-order valence-electron chi connectivity index (χ3n) is 5.48. The molecule has 3 atom stereocenters. The van der Waals surface area contributed by atoms with Gasteiger partial charge in [-0.05, 0) is 37.2 Å². The van der Waals surface area contributed by atoms with Gasteiger partial charge in [-0.25, -0.2) is 4.98 Å². The number of anilines is 1. The number of para-hydroxylation sites is 1. The number of nitrogens with two attached hydrogens (primary N) is 1. The molecule has 0 aliphatic heterocycles. The smallest absolute Gasteiger partial charge is 0.201 e. The molecule has 2 aliphatic rings. The molecule has 2 aliphatic carbocycles. The van der Waals surface area contributed by atoms with Gasteiger partial charge in [-0.3, -0.25) is 4.98 Å². The number of hydrogen-bond acceptors (Lipinski definition) is 3. The van der Waals surface area contributed by atoms with E-state index in [9.17, 15) is 0 Å². The van der Waals surface area contributed by atoms with Crippen molar-refractivity contribution >= 4 is 27.9 Å². The summed E-state index contributed by atoms with van der Waals surface area (Å²) in [7, 11) is 0. The van der Waals surface area contributed by atoms with Crippen LogP contribution in [0.15, 0.2) is 30.5 Å². The van der Waals surface area contributed by atoms with Crippen LogP contribution < -0.4 is 5.73 Å². The van der Waals surface area contributed by atoms with Crippen LogP contribution in [-0.4, -0.2) is 14.5 Å². The Labute approximate surface area is 123 Å². The molecule has 3 unspecified atom stereocenters. The predicted molar refractivity (Wildman–Crippen MR) is 83.9 cm³/mol. The minimum Gasteiger partial charge on any atom is -0.369 e. The number of nitrogens with zero attached hydrogens (tertiary/aromatic N) is 3.